The molecule has 210 valence electrons. The number of carbonyl (C=O) groups excluding carboxylic acids is 1. The lowest BCUT2D eigenvalue weighted by molar-refractivity contribution is -0.123. The lowest BCUT2D eigenvalue weighted by Gasteiger charge is -2.15. The maximum Gasteiger partial charge on any atom is 0.222 e. The standard InChI is InChI=1S/C34H40N2O3S/c1-25(2)34(37)35-18-7-22-38-29-16-12-27(13-17-29)33-31(30-8-3-4-9-32(30)40-33)24-26-10-14-28(15-11-26)39-23-21-36-19-5-6-20-36/h3-4,8-17,25H,5-7,18-24H2,1-2H3,(H,35,37). The van der Waals surface area contributed by atoms with E-state index in [2.05, 4.69) is 70.9 Å². The summed E-state index contributed by atoms with van der Waals surface area (Å²) in [5, 5.41) is 4.25. The molecule has 5 rings (SSSR count). The van der Waals surface area contributed by atoms with E-state index in [4.69, 9.17) is 9.47 Å². The van der Waals surface area contributed by atoms with Crippen molar-refractivity contribution in [1.29, 1.82) is 0 Å². The highest BCUT2D eigenvalue weighted by Crippen LogP contribution is 2.40. The van der Waals surface area contributed by atoms with Crippen molar-refractivity contribution in [1.82, 2.24) is 10.2 Å². The number of ether oxygens (including phenoxy) is 2. The fraction of sp³-hybridized carbons (Fsp3) is 0.382. The molecule has 0 bridgehead atoms. The second kappa shape index (κ2) is 13.8. The zero-order valence-electron chi connectivity index (χ0n) is 23.7. The maximum absolute atomic E-state index is 11.7. The van der Waals surface area contributed by atoms with Crippen molar-refractivity contribution < 1.29 is 14.3 Å². The first-order chi connectivity index (χ1) is 19.6. The number of rotatable bonds is 13. The van der Waals surface area contributed by atoms with Crippen molar-refractivity contribution in [2.45, 2.75) is 39.5 Å². The van der Waals surface area contributed by atoms with Gasteiger partial charge in [0.05, 0.1) is 6.61 Å². The summed E-state index contributed by atoms with van der Waals surface area (Å²) >= 11 is 1.85. The average Bonchev–Trinajstić information content (AvgIpc) is 3.62. The molecule has 1 saturated heterocycles. The Kier molecular flexibility index (Phi) is 9.74. The Labute approximate surface area is 242 Å². The zero-order chi connectivity index (χ0) is 27.7. The summed E-state index contributed by atoms with van der Waals surface area (Å²) in [7, 11) is 0. The molecule has 0 aliphatic carbocycles. The summed E-state index contributed by atoms with van der Waals surface area (Å²) in [6.45, 7) is 9.16. The first-order valence-electron chi connectivity index (χ1n) is 14.5. The first-order valence-corrected chi connectivity index (χ1v) is 15.3. The Morgan fingerprint density at radius 1 is 0.900 bits per heavy atom. The van der Waals surface area contributed by atoms with Crippen LogP contribution in [0.1, 0.15) is 44.2 Å². The molecule has 1 N–H and O–H groups in total. The third-order valence-corrected chi connectivity index (χ3v) is 8.67. The molecule has 0 saturated carbocycles. The van der Waals surface area contributed by atoms with E-state index < -0.39 is 0 Å². The molecule has 1 fully saturated rings. The highest BCUT2D eigenvalue weighted by atomic mass is 32.1. The fourth-order valence-corrected chi connectivity index (χ4v) is 6.32. The van der Waals surface area contributed by atoms with Gasteiger partial charge in [-0.15, -0.1) is 11.3 Å². The second-order valence-electron chi connectivity index (χ2n) is 10.8. The summed E-state index contributed by atoms with van der Waals surface area (Å²) in [6.07, 6.45) is 4.27. The SMILES string of the molecule is CC(C)C(=O)NCCCOc1ccc(-c2sc3ccccc3c2Cc2ccc(OCCN3CCCC3)cc2)cc1. The summed E-state index contributed by atoms with van der Waals surface area (Å²) in [5.41, 5.74) is 3.84. The molecule has 0 radical (unpaired) electrons. The van der Waals surface area contributed by atoms with Crippen molar-refractivity contribution in [3.05, 3.63) is 83.9 Å². The molecule has 1 aliphatic heterocycles. The number of likely N-dealkylation sites (tertiary alicyclic amines) is 1. The van der Waals surface area contributed by atoms with Crippen molar-refractivity contribution in [3.63, 3.8) is 0 Å². The number of hydrogen-bond donors (Lipinski definition) is 1. The number of amides is 1. The molecule has 1 aromatic heterocycles. The molecular weight excluding hydrogens is 516 g/mol. The van der Waals surface area contributed by atoms with Gasteiger partial charge in [0, 0.05) is 28.6 Å². The van der Waals surface area contributed by atoms with Crippen LogP contribution in [0.25, 0.3) is 20.5 Å². The van der Waals surface area contributed by atoms with Gasteiger partial charge in [-0.1, -0.05) is 44.2 Å². The molecule has 2 heterocycles. The summed E-state index contributed by atoms with van der Waals surface area (Å²) < 4.78 is 13.3. The van der Waals surface area contributed by atoms with Crippen LogP contribution in [-0.4, -0.2) is 50.2 Å². The lowest BCUT2D eigenvalue weighted by Crippen LogP contribution is -2.29. The minimum absolute atomic E-state index is 0.00937. The number of hydrogen-bond acceptors (Lipinski definition) is 5. The molecule has 1 amide bonds. The Hall–Kier alpha value is -3.35. The Morgan fingerprint density at radius 3 is 2.30 bits per heavy atom. The van der Waals surface area contributed by atoms with Crippen LogP contribution in [0, 0.1) is 5.92 Å². The third-order valence-electron chi connectivity index (χ3n) is 7.41. The largest absolute Gasteiger partial charge is 0.494 e. The number of fused-ring (bicyclic) bond motifs is 1. The van der Waals surface area contributed by atoms with Crippen molar-refractivity contribution in [3.8, 4) is 21.9 Å². The first kappa shape index (κ1) is 28.2. The summed E-state index contributed by atoms with van der Waals surface area (Å²) in [5.74, 6) is 1.88. The van der Waals surface area contributed by atoms with Crippen molar-refractivity contribution in [2.75, 3.05) is 39.4 Å². The third kappa shape index (κ3) is 7.43. The quantitative estimate of drug-likeness (QED) is 0.177. The Morgan fingerprint density at radius 2 is 1.57 bits per heavy atom. The van der Waals surface area contributed by atoms with Crippen LogP contribution in [-0.2, 0) is 11.2 Å². The van der Waals surface area contributed by atoms with E-state index in [0.29, 0.717) is 13.2 Å². The lowest BCUT2D eigenvalue weighted by atomic mass is 9.99. The zero-order valence-corrected chi connectivity index (χ0v) is 24.5. The van der Waals surface area contributed by atoms with Crippen LogP contribution in [0.5, 0.6) is 11.5 Å². The molecule has 1 aliphatic rings. The molecular formula is C34H40N2O3S. The minimum Gasteiger partial charge on any atom is -0.494 e. The van der Waals surface area contributed by atoms with E-state index in [1.807, 2.05) is 37.3 Å². The van der Waals surface area contributed by atoms with E-state index >= 15 is 0 Å². The van der Waals surface area contributed by atoms with Gasteiger partial charge in [-0.05, 0) is 103 Å². The van der Waals surface area contributed by atoms with Gasteiger partial charge in [-0.2, -0.15) is 0 Å². The van der Waals surface area contributed by atoms with E-state index in [-0.39, 0.29) is 11.8 Å². The van der Waals surface area contributed by atoms with Crippen LogP contribution in [0.3, 0.4) is 0 Å². The van der Waals surface area contributed by atoms with Crippen molar-refractivity contribution >= 4 is 27.3 Å². The Balaban J connectivity index is 1.22. The smallest absolute Gasteiger partial charge is 0.222 e. The average molecular weight is 557 g/mol. The Bertz CT molecular complexity index is 1370. The maximum atomic E-state index is 11.7. The summed E-state index contributed by atoms with van der Waals surface area (Å²) in [4.78, 5) is 15.5. The highest BCUT2D eigenvalue weighted by Gasteiger charge is 2.15. The number of carbonyl (C=O) groups is 1. The van der Waals surface area contributed by atoms with Crippen LogP contribution in [0.2, 0.25) is 0 Å². The van der Waals surface area contributed by atoms with Crippen LogP contribution in [0.4, 0.5) is 0 Å². The molecule has 0 spiro atoms. The van der Waals surface area contributed by atoms with Gasteiger partial charge in [-0.3, -0.25) is 9.69 Å². The van der Waals surface area contributed by atoms with Crippen LogP contribution in [0.15, 0.2) is 72.8 Å². The van der Waals surface area contributed by atoms with Crippen molar-refractivity contribution in [2.24, 2.45) is 5.92 Å². The van der Waals surface area contributed by atoms with Gasteiger partial charge >= 0.3 is 0 Å². The minimum atomic E-state index is 0.00937. The topological polar surface area (TPSA) is 50.8 Å². The van der Waals surface area contributed by atoms with Crippen LogP contribution >= 0.6 is 11.3 Å². The monoisotopic (exact) mass is 556 g/mol. The number of benzene rings is 3. The molecule has 40 heavy (non-hydrogen) atoms. The normalized spacial score (nSPS) is 13.7. The molecule has 3 aromatic carbocycles. The molecule has 6 heteroatoms. The second-order valence-corrected chi connectivity index (χ2v) is 11.8. The molecule has 0 atom stereocenters. The van der Waals surface area contributed by atoms with E-state index in [1.54, 1.807) is 0 Å². The number of thiophene rings is 1. The molecule has 0 unspecified atom stereocenters. The van der Waals surface area contributed by atoms with E-state index in [1.165, 1.54) is 57.6 Å². The van der Waals surface area contributed by atoms with E-state index in [0.717, 1.165) is 37.5 Å². The van der Waals surface area contributed by atoms with Gasteiger partial charge < -0.3 is 14.8 Å². The van der Waals surface area contributed by atoms with Gasteiger partial charge in [0.25, 0.3) is 0 Å². The van der Waals surface area contributed by atoms with Gasteiger partial charge in [0.1, 0.15) is 18.1 Å². The van der Waals surface area contributed by atoms with Crippen LogP contribution < -0.4 is 14.8 Å². The number of nitrogens with one attached hydrogen (secondary N) is 1. The number of nitrogens with zero attached hydrogens (tertiary/aromatic N) is 1. The van der Waals surface area contributed by atoms with Gasteiger partial charge in [-0.25, -0.2) is 0 Å². The fourth-order valence-electron chi connectivity index (χ4n) is 5.09. The molecule has 5 nitrogen and oxygen atoms in total. The van der Waals surface area contributed by atoms with Gasteiger partial charge in [0.15, 0.2) is 0 Å². The predicted octanol–water partition coefficient (Wildman–Crippen LogP) is 7.17. The predicted molar refractivity (Wildman–Crippen MR) is 166 cm³/mol. The summed E-state index contributed by atoms with van der Waals surface area (Å²) in [6, 6.07) is 25.7. The highest BCUT2D eigenvalue weighted by molar-refractivity contribution is 7.22. The van der Waals surface area contributed by atoms with Gasteiger partial charge in [0.2, 0.25) is 5.91 Å². The van der Waals surface area contributed by atoms with E-state index in [9.17, 15) is 4.79 Å². The molecule has 4 aromatic rings.